The summed E-state index contributed by atoms with van der Waals surface area (Å²) in [6.07, 6.45) is 1.37. The van der Waals surface area contributed by atoms with Crippen molar-refractivity contribution in [3.63, 3.8) is 0 Å². The van der Waals surface area contributed by atoms with Crippen LogP contribution >= 0.6 is 0 Å². The first-order chi connectivity index (χ1) is 15.9. The third kappa shape index (κ3) is 4.26. The van der Waals surface area contributed by atoms with Gasteiger partial charge in [0.05, 0.1) is 17.9 Å². The highest BCUT2D eigenvalue weighted by atomic mass is 19.1. The van der Waals surface area contributed by atoms with E-state index in [9.17, 15) is 19.1 Å². The fourth-order valence-electron chi connectivity index (χ4n) is 4.18. The largest absolute Gasteiger partial charge is 0.503 e. The van der Waals surface area contributed by atoms with Crippen LogP contribution in [0.2, 0.25) is 0 Å². The Labute approximate surface area is 191 Å². The Morgan fingerprint density at radius 3 is 2.30 bits per heavy atom. The number of amides is 1. The van der Waals surface area contributed by atoms with Gasteiger partial charge in [-0.15, -0.1) is 0 Å². The number of halogens is 1. The highest BCUT2D eigenvalue weighted by molar-refractivity contribution is 6.15. The molecule has 1 unspecified atom stereocenters. The highest BCUT2D eigenvalue weighted by Gasteiger charge is 2.44. The lowest BCUT2D eigenvalue weighted by atomic mass is 9.94. The van der Waals surface area contributed by atoms with Crippen LogP contribution in [-0.4, -0.2) is 34.8 Å². The molecule has 0 saturated carbocycles. The van der Waals surface area contributed by atoms with Crippen LogP contribution in [0.5, 0.6) is 0 Å². The lowest BCUT2D eigenvalue weighted by Gasteiger charge is -2.28. The number of rotatable bonds is 8. The molecule has 1 N–H and O–H groups in total. The molecule has 3 aromatic rings. The van der Waals surface area contributed by atoms with Crippen molar-refractivity contribution in [3.05, 3.63) is 101 Å². The van der Waals surface area contributed by atoms with Gasteiger partial charge in [-0.05, 0) is 61.4 Å². The number of carbonyl (C=O) groups is 2. The van der Waals surface area contributed by atoms with E-state index in [0.29, 0.717) is 11.1 Å². The van der Waals surface area contributed by atoms with Gasteiger partial charge in [0, 0.05) is 25.3 Å². The molecule has 0 bridgehead atoms. The first kappa shape index (κ1) is 22.3. The number of furan rings is 1. The highest BCUT2D eigenvalue weighted by Crippen LogP contribution is 2.40. The molecule has 7 heteroatoms. The average Bonchev–Trinajstić information content (AvgIpc) is 3.45. The van der Waals surface area contributed by atoms with Crippen molar-refractivity contribution in [2.45, 2.75) is 26.4 Å². The maximum atomic E-state index is 13.4. The summed E-state index contributed by atoms with van der Waals surface area (Å²) in [5, 5.41) is 10.7. The monoisotopic (exact) mass is 448 g/mol. The zero-order chi connectivity index (χ0) is 23.5. The van der Waals surface area contributed by atoms with Crippen molar-refractivity contribution in [1.29, 1.82) is 0 Å². The lowest BCUT2D eigenvalue weighted by Crippen LogP contribution is -2.30. The van der Waals surface area contributed by atoms with E-state index >= 15 is 0 Å². The summed E-state index contributed by atoms with van der Waals surface area (Å²) in [6, 6.07) is 15.6. The minimum Gasteiger partial charge on any atom is -0.503 e. The molecule has 0 spiro atoms. The third-order valence-electron chi connectivity index (χ3n) is 5.90. The number of Topliss-reactive ketones (excluding diaryl/α,β-unsaturated/α-hetero) is 1. The van der Waals surface area contributed by atoms with Crippen LogP contribution in [0.3, 0.4) is 0 Å². The minimum atomic E-state index is -0.814. The molecule has 33 heavy (non-hydrogen) atoms. The SMILES string of the molecule is CCN(CC)c1ccc(C2C(C(=O)c3ccco3)=C(O)C(=O)N2Cc2ccc(F)cc2)cc1. The molecular weight excluding hydrogens is 423 g/mol. The van der Waals surface area contributed by atoms with E-state index in [2.05, 4.69) is 18.7 Å². The maximum Gasteiger partial charge on any atom is 0.290 e. The predicted octanol–water partition coefficient (Wildman–Crippen LogP) is 5.04. The van der Waals surface area contributed by atoms with E-state index < -0.39 is 23.5 Å². The normalized spacial score (nSPS) is 15.9. The topological polar surface area (TPSA) is 74.0 Å². The van der Waals surface area contributed by atoms with Crippen LogP contribution in [0, 0.1) is 5.82 Å². The average molecular weight is 448 g/mol. The summed E-state index contributed by atoms with van der Waals surface area (Å²) in [5.74, 6) is -2.16. The van der Waals surface area contributed by atoms with Crippen LogP contribution in [-0.2, 0) is 11.3 Å². The van der Waals surface area contributed by atoms with Gasteiger partial charge in [0.15, 0.2) is 11.5 Å². The number of nitrogens with zero attached hydrogens (tertiary/aromatic N) is 2. The molecule has 170 valence electrons. The zero-order valence-corrected chi connectivity index (χ0v) is 18.5. The number of benzene rings is 2. The minimum absolute atomic E-state index is 0.0346. The summed E-state index contributed by atoms with van der Waals surface area (Å²) < 4.78 is 18.6. The van der Waals surface area contributed by atoms with Crippen molar-refractivity contribution < 1.29 is 23.5 Å². The van der Waals surface area contributed by atoms with Crippen molar-refractivity contribution in [3.8, 4) is 0 Å². The van der Waals surface area contributed by atoms with Crippen LogP contribution in [0.25, 0.3) is 0 Å². The fourth-order valence-corrected chi connectivity index (χ4v) is 4.18. The first-order valence-corrected chi connectivity index (χ1v) is 10.9. The quantitative estimate of drug-likeness (QED) is 0.489. The molecule has 6 nitrogen and oxygen atoms in total. The summed E-state index contributed by atoms with van der Waals surface area (Å²) >= 11 is 0. The van der Waals surface area contributed by atoms with E-state index in [0.717, 1.165) is 18.8 Å². The van der Waals surface area contributed by atoms with Gasteiger partial charge in [0.1, 0.15) is 5.82 Å². The van der Waals surface area contributed by atoms with E-state index in [4.69, 9.17) is 4.42 Å². The number of anilines is 1. The molecule has 1 atom stereocenters. The Morgan fingerprint density at radius 1 is 1.06 bits per heavy atom. The van der Waals surface area contributed by atoms with Gasteiger partial charge in [-0.25, -0.2) is 4.39 Å². The van der Waals surface area contributed by atoms with Crippen LogP contribution in [0.15, 0.2) is 82.7 Å². The Kier molecular flexibility index (Phi) is 6.31. The second-order valence-corrected chi connectivity index (χ2v) is 7.79. The van der Waals surface area contributed by atoms with E-state index in [-0.39, 0.29) is 23.7 Å². The van der Waals surface area contributed by atoms with Gasteiger partial charge in [-0.1, -0.05) is 24.3 Å². The summed E-state index contributed by atoms with van der Waals surface area (Å²) in [4.78, 5) is 29.9. The lowest BCUT2D eigenvalue weighted by molar-refractivity contribution is -0.130. The van der Waals surface area contributed by atoms with E-state index in [1.54, 1.807) is 18.2 Å². The first-order valence-electron chi connectivity index (χ1n) is 10.9. The van der Waals surface area contributed by atoms with Crippen LogP contribution < -0.4 is 4.90 Å². The van der Waals surface area contributed by atoms with Gasteiger partial charge < -0.3 is 19.3 Å². The zero-order valence-electron chi connectivity index (χ0n) is 18.5. The molecule has 1 aliphatic rings. The molecule has 1 aromatic heterocycles. The molecule has 0 fully saturated rings. The molecular formula is C26H25FN2O4. The molecule has 0 aliphatic carbocycles. The molecule has 0 saturated heterocycles. The second kappa shape index (κ2) is 9.32. The van der Waals surface area contributed by atoms with Crippen molar-refractivity contribution in [2.75, 3.05) is 18.0 Å². The van der Waals surface area contributed by atoms with Crippen molar-refractivity contribution in [2.24, 2.45) is 0 Å². The number of ketones is 1. The van der Waals surface area contributed by atoms with Gasteiger partial charge in [0.25, 0.3) is 5.91 Å². The van der Waals surface area contributed by atoms with Gasteiger partial charge in [-0.3, -0.25) is 9.59 Å². The predicted molar refractivity (Wildman–Crippen MR) is 122 cm³/mol. The number of carbonyl (C=O) groups excluding carboxylic acids is 2. The number of aliphatic hydroxyl groups is 1. The van der Waals surface area contributed by atoms with Crippen molar-refractivity contribution in [1.82, 2.24) is 4.90 Å². The second-order valence-electron chi connectivity index (χ2n) is 7.79. The van der Waals surface area contributed by atoms with Crippen LogP contribution in [0.1, 0.15) is 41.6 Å². The summed E-state index contributed by atoms with van der Waals surface area (Å²) in [5.41, 5.74) is 2.34. The van der Waals surface area contributed by atoms with Gasteiger partial charge in [0.2, 0.25) is 5.78 Å². The van der Waals surface area contributed by atoms with Gasteiger partial charge in [-0.2, -0.15) is 0 Å². The number of hydrogen-bond acceptors (Lipinski definition) is 5. The van der Waals surface area contributed by atoms with E-state index in [1.807, 2.05) is 24.3 Å². The molecule has 1 amide bonds. The molecule has 4 rings (SSSR count). The molecule has 1 aliphatic heterocycles. The third-order valence-corrected chi connectivity index (χ3v) is 5.90. The van der Waals surface area contributed by atoms with Crippen LogP contribution in [0.4, 0.5) is 10.1 Å². The van der Waals surface area contributed by atoms with Crippen molar-refractivity contribution >= 4 is 17.4 Å². The molecule has 0 radical (unpaired) electrons. The number of aliphatic hydroxyl groups excluding tert-OH is 1. The summed E-state index contributed by atoms with van der Waals surface area (Å²) in [7, 11) is 0. The maximum absolute atomic E-state index is 13.4. The number of hydrogen-bond donors (Lipinski definition) is 1. The standard InChI is InChI=1S/C26H25FN2O4/c1-3-28(4-2)20-13-9-18(10-14-20)23-22(24(30)21-6-5-15-33-21)25(31)26(32)29(23)16-17-7-11-19(27)12-8-17/h5-15,23,31H,3-4,16H2,1-2H3. The van der Waals surface area contributed by atoms with E-state index in [1.165, 1.54) is 29.4 Å². The Balaban J connectivity index is 1.76. The Morgan fingerprint density at radius 2 is 1.73 bits per heavy atom. The molecule has 2 aromatic carbocycles. The van der Waals surface area contributed by atoms with Gasteiger partial charge >= 0.3 is 0 Å². The Hall–Kier alpha value is -3.87. The Bertz CT molecular complexity index is 1160. The molecule has 2 heterocycles. The smallest absolute Gasteiger partial charge is 0.290 e. The fraction of sp³-hybridized carbons (Fsp3) is 0.231. The summed E-state index contributed by atoms with van der Waals surface area (Å²) in [6.45, 7) is 5.92.